The van der Waals surface area contributed by atoms with Crippen molar-refractivity contribution in [2.24, 2.45) is 0 Å². The normalized spacial score (nSPS) is 16.8. The Morgan fingerprint density at radius 1 is 1.23 bits per heavy atom. The van der Waals surface area contributed by atoms with Gasteiger partial charge >= 0.3 is 0 Å². The van der Waals surface area contributed by atoms with Crippen molar-refractivity contribution < 1.29 is 5.11 Å². The SMILES string of the molecule is OCCn1cc(NC2CCN(Cc3ccncc3)CC2)cn1. The third-order valence-electron chi connectivity index (χ3n) is 4.08. The highest BCUT2D eigenvalue weighted by Crippen LogP contribution is 2.17. The number of anilines is 1. The second-order valence-electron chi connectivity index (χ2n) is 5.77. The van der Waals surface area contributed by atoms with Gasteiger partial charge in [0.25, 0.3) is 0 Å². The van der Waals surface area contributed by atoms with Gasteiger partial charge in [-0.25, -0.2) is 0 Å². The highest BCUT2D eigenvalue weighted by atomic mass is 16.3. The Morgan fingerprint density at radius 2 is 2.00 bits per heavy atom. The molecule has 0 amide bonds. The second kappa shape index (κ2) is 7.38. The summed E-state index contributed by atoms with van der Waals surface area (Å²) in [5, 5.41) is 16.7. The van der Waals surface area contributed by atoms with E-state index in [4.69, 9.17) is 5.11 Å². The zero-order chi connectivity index (χ0) is 15.2. The highest BCUT2D eigenvalue weighted by Gasteiger charge is 2.19. The van der Waals surface area contributed by atoms with Crippen LogP contribution in [0.15, 0.2) is 36.9 Å². The fraction of sp³-hybridized carbons (Fsp3) is 0.500. The summed E-state index contributed by atoms with van der Waals surface area (Å²) in [5.74, 6) is 0. The molecule has 2 aromatic heterocycles. The van der Waals surface area contributed by atoms with Gasteiger partial charge in [0.05, 0.1) is 25.0 Å². The van der Waals surface area contributed by atoms with Crippen molar-refractivity contribution in [3.8, 4) is 0 Å². The van der Waals surface area contributed by atoms with Gasteiger partial charge in [-0.15, -0.1) is 0 Å². The lowest BCUT2D eigenvalue weighted by atomic mass is 10.0. The largest absolute Gasteiger partial charge is 0.394 e. The molecule has 0 radical (unpaired) electrons. The molecular weight excluding hydrogens is 278 g/mol. The van der Waals surface area contributed by atoms with E-state index >= 15 is 0 Å². The molecule has 6 heteroatoms. The predicted octanol–water partition coefficient (Wildman–Crippen LogP) is 1.35. The quantitative estimate of drug-likeness (QED) is 0.843. The number of piperidine rings is 1. The molecule has 0 aromatic carbocycles. The van der Waals surface area contributed by atoms with Crippen molar-refractivity contribution in [2.45, 2.75) is 32.0 Å². The summed E-state index contributed by atoms with van der Waals surface area (Å²) in [6.45, 7) is 3.87. The molecule has 3 heterocycles. The highest BCUT2D eigenvalue weighted by molar-refractivity contribution is 5.39. The molecule has 0 unspecified atom stereocenters. The van der Waals surface area contributed by atoms with Crippen LogP contribution < -0.4 is 5.32 Å². The lowest BCUT2D eigenvalue weighted by molar-refractivity contribution is 0.211. The summed E-state index contributed by atoms with van der Waals surface area (Å²) < 4.78 is 1.76. The Kier molecular flexibility index (Phi) is 5.03. The molecule has 1 aliphatic heterocycles. The molecule has 0 spiro atoms. The second-order valence-corrected chi connectivity index (χ2v) is 5.77. The minimum absolute atomic E-state index is 0.120. The first-order chi connectivity index (χ1) is 10.8. The van der Waals surface area contributed by atoms with Gasteiger partial charge in [-0.2, -0.15) is 5.10 Å². The van der Waals surface area contributed by atoms with E-state index in [0.29, 0.717) is 12.6 Å². The third kappa shape index (κ3) is 4.05. The predicted molar refractivity (Wildman–Crippen MR) is 85.5 cm³/mol. The average molecular weight is 301 g/mol. The molecule has 2 N–H and O–H groups in total. The first-order valence-electron chi connectivity index (χ1n) is 7.84. The average Bonchev–Trinajstić information content (AvgIpc) is 2.98. The van der Waals surface area contributed by atoms with Gasteiger partial charge in [0.1, 0.15) is 0 Å². The summed E-state index contributed by atoms with van der Waals surface area (Å²) in [4.78, 5) is 6.55. The van der Waals surface area contributed by atoms with Gasteiger partial charge < -0.3 is 10.4 Å². The lowest BCUT2D eigenvalue weighted by Crippen LogP contribution is -2.38. The van der Waals surface area contributed by atoms with E-state index in [1.165, 1.54) is 5.56 Å². The number of hydrogen-bond donors (Lipinski definition) is 2. The fourth-order valence-corrected chi connectivity index (χ4v) is 2.88. The van der Waals surface area contributed by atoms with E-state index < -0.39 is 0 Å². The molecule has 1 fully saturated rings. The van der Waals surface area contributed by atoms with Crippen LogP contribution in [0.1, 0.15) is 18.4 Å². The molecule has 118 valence electrons. The van der Waals surface area contributed by atoms with E-state index in [2.05, 4.69) is 32.4 Å². The van der Waals surface area contributed by atoms with E-state index in [9.17, 15) is 0 Å². The maximum atomic E-state index is 8.91. The van der Waals surface area contributed by atoms with Crippen LogP contribution in [0, 0.1) is 0 Å². The first-order valence-corrected chi connectivity index (χ1v) is 7.84. The van der Waals surface area contributed by atoms with Crippen molar-refractivity contribution in [1.29, 1.82) is 0 Å². The number of aliphatic hydroxyl groups is 1. The zero-order valence-corrected chi connectivity index (χ0v) is 12.7. The maximum absolute atomic E-state index is 8.91. The Balaban J connectivity index is 1.45. The Labute approximate surface area is 130 Å². The fourth-order valence-electron chi connectivity index (χ4n) is 2.88. The van der Waals surface area contributed by atoms with E-state index in [-0.39, 0.29) is 6.61 Å². The molecule has 6 nitrogen and oxygen atoms in total. The summed E-state index contributed by atoms with van der Waals surface area (Å²) in [6, 6.07) is 4.67. The summed E-state index contributed by atoms with van der Waals surface area (Å²) in [7, 11) is 0. The summed E-state index contributed by atoms with van der Waals surface area (Å²) in [6.07, 6.45) is 9.77. The van der Waals surface area contributed by atoms with Gasteiger partial charge in [0, 0.05) is 44.3 Å². The molecular formula is C16H23N5O. The van der Waals surface area contributed by atoms with Crippen LogP contribution in [-0.4, -0.2) is 50.5 Å². The minimum Gasteiger partial charge on any atom is -0.394 e. The van der Waals surface area contributed by atoms with Crippen LogP contribution in [0.4, 0.5) is 5.69 Å². The first kappa shape index (κ1) is 15.0. The van der Waals surface area contributed by atoms with E-state index in [1.807, 2.05) is 24.8 Å². The number of nitrogens with zero attached hydrogens (tertiary/aromatic N) is 4. The van der Waals surface area contributed by atoms with E-state index in [0.717, 1.165) is 38.2 Å². The number of nitrogens with one attached hydrogen (secondary N) is 1. The Morgan fingerprint density at radius 3 is 2.73 bits per heavy atom. The van der Waals surface area contributed by atoms with Gasteiger partial charge in [0.15, 0.2) is 0 Å². The Bertz CT molecular complexity index is 563. The topological polar surface area (TPSA) is 66.2 Å². The zero-order valence-electron chi connectivity index (χ0n) is 12.7. The standard InChI is InChI=1S/C16H23N5O/c22-10-9-21-13-16(11-18-21)19-15-3-7-20(8-4-15)12-14-1-5-17-6-2-14/h1-2,5-6,11,13,15,19,22H,3-4,7-10,12H2. The van der Waals surface area contributed by atoms with Crippen molar-refractivity contribution >= 4 is 5.69 Å². The number of likely N-dealkylation sites (tertiary alicyclic amines) is 1. The van der Waals surface area contributed by atoms with E-state index in [1.54, 1.807) is 4.68 Å². The number of pyridine rings is 1. The molecule has 0 aliphatic carbocycles. The molecule has 0 bridgehead atoms. The maximum Gasteiger partial charge on any atom is 0.0728 e. The van der Waals surface area contributed by atoms with Crippen LogP contribution >= 0.6 is 0 Å². The molecule has 0 saturated carbocycles. The summed E-state index contributed by atoms with van der Waals surface area (Å²) >= 11 is 0. The van der Waals surface area contributed by atoms with Crippen LogP contribution in [0.3, 0.4) is 0 Å². The number of aromatic nitrogens is 3. The number of hydrogen-bond acceptors (Lipinski definition) is 5. The third-order valence-corrected chi connectivity index (χ3v) is 4.08. The number of rotatable bonds is 6. The van der Waals surface area contributed by atoms with Crippen LogP contribution in [0.5, 0.6) is 0 Å². The molecule has 0 atom stereocenters. The minimum atomic E-state index is 0.120. The number of aliphatic hydroxyl groups excluding tert-OH is 1. The molecule has 1 aliphatic rings. The van der Waals surface area contributed by atoms with Gasteiger partial charge in [-0.1, -0.05) is 0 Å². The molecule has 2 aromatic rings. The molecule has 3 rings (SSSR count). The van der Waals surface area contributed by atoms with Gasteiger partial charge in [0.2, 0.25) is 0 Å². The van der Waals surface area contributed by atoms with Crippen LogP contribution in [0.25, 0.3) is 0 Å². The molecule has 1 saturated heterocycles. The molecule has 22 heavy (non-hydrogen) atoms. The smallest absolute Gasteiger partial charge is 0.0728 e. The lowest BCUT2D eigenvalue weighted by Gasteiger charge is -2.32. The van der Waals surface area contributed by atoms with Crippen LogP contribution in [-0.2, 0) is 13.1 Å². The monoisotopic (exact) mass is 301 g/mol. The van der Waals surface area contributed by atoms with Crippen molar-refractivity contribution in [3.63, 3.8) is 0 Å². The van der Waals surface area contributed by atoms with Crippen molar-refractivity contribution in [3.05, 3.63) is 42.5 Å². The summed E-state index contributed by atoms with van der Waals surface area (Å²) in [5.41, 5.74) is 2.37. The Hall–Kier alpha value is -1.92. The van der Waals surface area contributed by atoms with Crippen molar-refractivity contribution in [2.75, 3.05) is 25.0 Å². The van der Waals surface area contributed by atoms with Gasteiger partial charge in [-0.05, 0) is 30.5 Å². The van der Waals surface area contributed by atoms with Gasteiger partial charge in [-0.3, -0.25) is 14.6 Å². The van der Waals surface area contributed by atoms with Crippen molar-refractivity contribution in [1.82, 2.24) is 19.7 Å². The van der Waals surface area contributed by atoms with Crippen LogP contribution in [0.2, 0.25) is 0 Å².